The number of carbonyl (C=O) groups is 1. The summed E-state index contributed by atoms with van der Waals surface area (Å²) >= 11 is 5.80. The monoisotopic (exact) mass is 366 g/mol. The molecule has 3 rings (SSSR count). The van der Waals surface area contributed by atoms with Crippen LogP contribution >= 0.6 is 11.6 Å². The first-order valence-electron chi connectivity index (χ1n) is 6.99. The van der Waals surface area contributed by atoms with Gasteiger partial charge in [0.1, 0.15) is 6.33 Å². The standard InChI is InChI=1S/C16H10ClF3N4O/c17-11-4-6-13(7-5-11)24-9-21-14(23-24)15(25)22-12-3-1-2-10(8-12)16(18,19)20/h1-9H,(H,22,25). The van der Waals surface area contributed by atoms with Crippen LogP contribution in [0.3, 0.4) is 0 Å². The number of rotatable bonds is 3. The number of benzene rings is 2. The molecular weight excluding hydrogens is 357 g/mol. The lowest BCUT2D eigenvalue weighted by Gasteiger charge is -2.08. The third-order valence-corrected chi connectivity index (χ3v) is 3.49. The molecule has 0 spiro atoms. The van der Waals surface area contributed by atoms with E-state index < -0.39 is 17.6 Å². The number of amides is 1. The second kappa shape index (κ2) is 6.56. The van der Waals surface area contributed by atoms with Gasteiger partial charge in [0.2, 0.25) is 5.82 Å². The van der Waals surface area contributed by atoms with Gasteiger partial charge in [0.15, 0.2) is 0 Å². The van der Waals surface area contributed by atoms with Crippen molar-refractivity contribution in [3.05, 3.63) is 71.3 Å². The second-order valence-electron chi connectivity index (χ2n) is 5.02. The van der Waals surface area contributed by atoms with Crippen LogP contribution in [0.2, 0.25) is 5.02 Å². The van der Waals surface area contributed by atoms with Crippen LogP contribution in [0.25, 0.3) is 5.69 Å². The van der Waals surface area contributed by atoms with E-state index in [9.17, 15) is 18.0 Å². The van der Waals surface area contributed by atoms with Gasteiger partial charge in [0, 0.05) is 10.7 Å². The van der Waals surface area contributed by atoms with Gasteiger partial charge in [-0.3, -0.25) is 4.79 Å². The largest absolute Gasteiger partial charge is 0.416 e. The summed E-state index contributed by atoms with van der Waals surface area (Å²) in [5, 5.41) is 6.90. The maximum Gasteiger partial charge on any atom is 0.416 e. The van der Waals surface area contributed by atoms with E-state index in [2.05, 4.69) is 15.4 Å². The molecule has 128 valence electrons. The Balaban J connectivity index is 1.77. The molecule has 1 N–H and O–H groups in total. The molecular formula is C16H10ClF3N4O. The van der Waals surface area contributed by atoms with Gasteiger partial charge in [-0.05, 0) is 42.5 Å². The van der Waals surface area contributed by atoms with Crippen LogP contribution in [0.5, 0.6) is 0 Å². The van der Waals surface area contributed by atoms with Crippen molar-refractivity contribution in [2.24, 2.45) is 0 Å². The van der Waals surface area contributed by atoms with Crippen molar-refractivity contribution in [2.45, 2.75) is 6.18 Å². The summed E-state index contributed by atoms with van der Waals surface area (Å²) in [6.45, 7) is 0. The summed E-state index contributed by atoms with van der Waals surface area (Å²) < 4.78 is 39.5. The zero-order valence-corrected chi connectivity index (χ0v) is 13.2. The molecule has 0 unspecified atom stereocenters. The van der Waals surface area contributed by atoms with Crippen molar-refractivity contribution in [2.75, 3.05) is 5.32 Å². The highest BCUT2D eigenvalue weighted by Crippen LogP contribution is 2.30. The zero-order chi connectivity index (χ0) is 18.0. The van der Waals surface area contributed by atoms with Crippen molar-refractivity contribution in [3.63, 3.8) is 0 Å². The lowest BCUT2D eigenvalue weighted by molar-refractivity contribution is -0.137. The average molecular weight is 367 g/mol. The third kappa shape index (κ3) is 3.97. The number of halogens is 4. The Labute approximate surface area is 145 Å². The summed E-state index contributed by atoms with van der Waals surface area (Å²) in [6, 6.07) is 11.0. The molecule has 0 saturated heterocycles. The highest BCUT2D eigenvalue weighted by molar-refractivity contribution is 6.30. The molecule has 25 heavy (non-hydrogen) atoms. The van der Waals surface area contributed by atoms with E-state index in [1.807, 2.05) is 0 Å². The molecule has 1 heterocycles. The number of nitrogens with zero attached hydrogens (tertiary/aromatic N) is 3. The topological polar surface area (TPSA) is 59.8 Å². The van der Waals surface area contributed by atoms with Crippen LogP contribution in [0.4, 0.5) is 18.9 Å². The van der Waals surface area contributed by atoms with Gasteiger partial charge in [0.25, 0.3) is 5.91 Å². The summed E-state index contributed by atoms with van der Waals surface area (Å²) in [6.07, 6.45) is -3.17. The molecule has 1 amide bonds. The van der Waals surface area contributed by atoms with Crippen molar-refractivity contribution < 1.29 is 18.0 Å². The average Bonchev–Trinajstić information content (AvgIpc) is 3.05. The predicted octanol–water partition coefficient (Wildman–Crippen LogP) is 4.19. The second-order valence-corrected chi connectivity index (χ2v) is 5.46. The van der Waals surface area contributed by atoms with Gasteiger partial charge in [0.05, 0.1) is 11.3 Å². The summed E-state index contributed by atoms with van der Waals surface area (Å²) in [5.41, 5.74) is -0.220. The van der Waals surface area contributed by atoms with Crippen LogP contribution in [0.15, 0.2) is 54.9 Å². The van der Waals surface area contributed by atoms with Gasteiger partial charge in [-0.15, -0.1) is 5.10 Å². The first-order valence-corrected chi connectivity index (χ1v) is 7.37. The lowest BCUT2D eigenvalue weighted by Crippen LogP contribution is -2.15. The number of aromatic nitrogens is 3. The summed E-state index contributed by atoms with van der Waals surface area (Å²) in [5.74, 6) is -0.889. The fraction of sp³-hybridized carbons (Fsp3) is 0.0625. The van der Waals surface area contributed by atoms with E-state index in [1.54, 1.807) is 24.3 Å². The van der Waals surface area contributed by atoms with E-state index in [-0.39, 0.29) is 11.5 Å². The number of hydrogen-bond acceptors (Lipinski definition) is 3. The third-order valence-electron chi connectivity index (χ3n) is 3.23. The van der Waals surface area contributed by atoms with Crippen molar-refractivity contribution in [3.8, 4) is 5.69 Å². The minimum absolute atomic E-state index is 0.00247. The Bertz CT molecular complexity index is 906. The maximum absolute atomic E-state index is 12.7. The molecule has 0 atom stereocenters. The normalized spacial score (nSPS) is 11.4. The lowest BCUT2D eigenvalue weighted by atomic mass is 10.2. The fourth-order valence-corrected chi connectivity index (χ4v) is 2.17. The Morgan fingerprint density at radius 2 is 1.84 bits per heavy atom. The maximum atomic E-state index is 12.7. The summed E-state index contributed by atoms with van der Waals surface area (Å²) in [4.78, 5) is 16.0. The molecule has 3 aromatic rings. The number of anilines is 1. The van der Waals surface area contributed by atoms with Crippen molar-refractivity contribution >= 4 is 23.2 Å². The molecule has 0 aliphatic heterocycles. The molecule has 0 saturated carbocycles. The molecule has 0 aliphatic carbocycles. The van der Waals surface area contributed by atoms with Crippen LogP contribution in [-0.4, -0.2) is 20.7 Å². The van der Waals surface area contributed by atoms with E-state index in [0.29, 0.717) is 10.7 Å². The Kier molecular flexibility index (Phi) is 4.45. The van der Waals surface area contributed by atoms with Gasteiger partial charge in [-0.2, -0.15) is 13.2 Å². The van der Waals surface area contributed by atoms with Gasteiger partial charge in [-0.1, -0.05) is 17.7 Å². The Hall–Kier alpha value is -2.87. The van der Waals surface area contributed by atoms with Crippen molar-refractivity contribution in [1.29, 1.82) is 0 Å². The molecule has 0 radical (unpaired) electrons. The zero-order valence-electron chi connectivity index (χ0n) is 12.5. The first kappa shape index (κ1) is 17.0. The quantitative estimate of drug-likeness (QED) is 0.756. The fourth-order valence-electron chi connectivity index (χ4n) is 2.05. The number of hydrogen-bond donors (Lipinski definition) is 1. The van der Waals surface area contributed by atoms with Crippen LogP contribution in [0, 0.1) is 0 Å². The first-order chi connectivity index (χ1) is 11.8. The van der Waals surface area contributed by atoms with E-state index in [1.165, 1.54) is 23.1 Å². The molecule has 1 aromatic heterocycles. The molecule has 0 fully saturated rings. The van der Waals surface area contributed by atoms with Crippen LogP contribution in [-0.2, 0) is 6.18 Å². The number of alkyl halides is 3. The van der Waals surface area contributed by atoms with E-state index >= 15 is 0 Å². The summed E-state index contributed by atoms with van der Waals surface area (Å²) in [7, 11) is 0. The minimum atomic E-state index is -4.49. The van der Waals surface area contributed by atoms with Gasteiger partial charge in [-0.25, -0.2) is 9.67 Å². The molecule has 0 bridgehead atoms. The Morgan fingerprint density at radius 3 is 2.52 bits per heavy atom. The molecule has 2 aromatic carbocycles. The van der Waals surface area contributed by atoms with Crippen LogP contribution in [0.1, 0.15) is 16.2 Å². The minimum Gasteiger partial charge on any atom is -0.319 e. The number of carbonyl (C=O) groups excluding carboxylic acids is 1. The molecule has 9 heteroatoms. The smallest absolute Gasteiger partial charge is 0.319 e. The van der Waals surface area contributed by atoms with Crippen LogP contribution < -0.4 is 5.32 Å². The SMILES string of the molecule is O=C(Nc1cccc(C(F)(F)F)c1)c1ncn(-c2ccc(Cl)cc2)n1. The van der Waals surface area contributed by atoms with E-state index in [0.717, 1.165) is 12.1 Å². The predicted molar refractivity (Wildman–Crippen MR) is 85.8 cm³/mol. The molecule has 0 aliphatic rings. The Morgan fingerprint density at radius 1 is 1.12 bits per heavy atom. The highest BCUT2D eigenvalue weighted by Gasteiger charge is 2.30. The van der Waals surface area contributed by atoms with E-state index in [4.69, 9.17) is 11.6 Å². The highest BCUT2D eigenvalue weighted by atomic mass is 35.5. The van der Waals surface area contributed by atoms with Crippen molar-refractivity contribution in [1.82, 2.24) is 14.8 Å². The molecule has 5 nitrogen and oxygen atoms in total. The number of nitrogens with one attached hydrogen (secondary N) is 1. The van der Waals surface area contributed by atoms with Gasteiger partial charge < -0.3 is 5.32 Å². The van der Waals surface area contributed by atoms with Gasteiger partial charge >= 0.3 is 6.18 Å².